The van der Waals surface area contributed by atoms with E-state index in [1.807, 2.05) is 31.2 Å². The van der Waals surface area contributed by atoms with E-state index in [0.29, 0.717) is 5.56 Å². The van der Waals surface area contributed by atoms with Gasteiger partial charge in [-0.2, -0.15) is 0 Å². The van der Waals surface area contributed by atoms with Gasteiger partial charge in [-0.1, -0.05) is 45.8 Å². The molecule has 0 fully saturated rings. The lowest BCUT2D eigenvalue weighted by Crippen LogP contribution is -2.51. The monoisotopic (exact) mass is 332 g/mol. The smallest absolute Gasteiger partial charge is 0.265 e. The summed E-state index contributed by atoms with van der Waals surface area (Å²) in [4.78, 5) is 12.5. The number of methoxy groups -OCH3 is 1. The van der Waals surface area contributed by atoms with Crippen molar-refractivity contribution in [1.29, 1.82) is 0 Å². The number of benzene rings is 1. The average Bonchev–Trinajstić information content (AvgIpc) is 2.54. The molecule has 1 aromatic carbocycles. The predicted molar refractivity (Wildman–Crippen MR) is 100 cm³/mol. The first-order chi connectivity index (χ1) is 11.4. The Balaban J connectivity index is 2.82. The van der Waals surface area contributed by atoms with Crippen LogP contribution in [-0.2, 0) is 0 Å². The Bertz CT molecular complexity index is 553. The van der Waals surface area contributed by atoms with Crippen molar-refractivity contribution >= 4 is 5.91 Å². The van der Waals surface area contributed by atoms with Gasteiger partial charge in [-0.3, -0.25) is 10.2 Å². The quantitative estimate of drug-likeness (QED) is 0.493. The Kier molecular flexibility index (Phi) is 7.99. The van der Waals surface area contributed by atoms with Gasteiger partial charge in [0.25, 0.3) is 5.91 Å². The maximum atomic E-state index is 12.5. The third kappa shape index (κ3) is 5.38. The Morgan fingerprint density at radius 1 is 1.42 bits per heavy atom. The molecule has 4 nitrogen and oxygen atoms in total. The molecule has 4 heteroatoms. The number of hydrogen-bond acceptors (Lipinski definition) is 3. The summed E-state index contributed by atoms with van der Waals surface area (Å²) in [5.41, 5.74) is 7.63. The van der Waals surface area contributed by atoms with Gasteiger partial charge in [0, 0.05) is 17.2 Å². The third-order valence-corrected chi connectivity index (χ3v) is 4.57. The van der Waals surface area contributed by atoms with Crippen molar-refractivity contribution in [2.24, 2.45) is 5.41 Å². The van der Waals surface area contributed by atoms with Crippen molar-refractivity contribution in [3.63, 3.8) is 0 Å². The third-order valence-electron chi connectivity index (χ3n) is 4.57. The van der Waals surface area contributed by atoms with Crippen LogP contribution in [0.1, 0.15) is 62.4 Å². The van der Waals surface area contributed by atoms with Gasteiger partial charge in [-0.15, -0.1) is 6.58 Å². The summed E-state index contributed by atoms with van der Waals surface area (Å²) in [5, 5.41) is 0. The van der Waals surface area contributed by atoms with E-state index < -0.39 is 0 Å². The maximum absolute atomic E-state index is 12.5. The van der Waals surface area contributed by atoms with Crippen LogP contribution in [0.15, 0.2) is 30.9 Å². The molecular weight excluding hydrogens is 300 g/mol. The number of unbranched alkanes of at least 4 members (excludes halogenated alkanes) is 1. The van der Waals surface area contributed by atoms with Crippen LogP contribution in [-0.4, -0.2) is 19.1 Å². The minimum atomic E-state index is -0.137. The molecule has 0 saturated heterocycles. The highest BCUT2D eigenvalue weighted by molar-refractivity contribution is 5.95. The summed E-state index contributed by atoms with van der Waals surface area (Å²) in [6.07, 6.45) is 6.09. The van der Waals surface area contributed by atoms with Gasteiger partial charge in [-0.25, -0.2) is 5.43 Å². The molecule has 1 rings (SSSR count). The van der Waals surface area contributed by atoms with Crippen molar-refractivity contribution in [3.05, 3.63) is 42.0 Å². The summed E-state index contributed by atoms with van der Waals surface area (Å²) < 4.78 is 5.29. The summed E-state index contributed by atoms with van der Waals surface area (Å²) in [7, 11) is 1.61. The highest BCUT2D eigenvalue weighted by Crippen LogP contribution is 2.28. The van der Waals surface area contributed by atoms with Crippen LogP contribution in [0.5, 0.6) is 5.75 Å². The molecule has 0 radical (unpaired) electrons. The van der Waals surface area contributed by atoms with Crippen LogP contribution >= 0.6 is 0 Å². The number of carbonyl (C=O) groups excluding carboxylic acids is 1. The Hall–Kier alpha value is -1.81. The number of hydrogen-bond donors (Lipinski definition) is 2. The second-order valence-electron chi connectivity index (χ2n) is 6.91. The first kappa shape index (κ1) is 20.2. The number of ether oxygens (including phenoxy) is 1. The molecule has 0 aliphatic rings. The molecule has 1 amide bonds. The van der Waals surface area contributed by atoms with Crippen molar-refractivity contribution in [2.45, 2.75) is 59.4 Å². The number of allylic oxidation sites excluding steroid dienone is 1. The van der Waals surface area contributed by atoms with E-state index in [-0.39, 0.29) is 17.4 Å². The van der Waals surface area contributed by atoms with E-state index in [9.17, 15) is 4.79 Å². The van der Waals surface area contributed by atoms with Gasteiger partial charge in [0.1, 0.15) is 5.75 Å². The Morgan fingerprint density at radius 3 is 2.71 bits per heavy atom. The minimum Gasteiger partial charge on any atom is -0.496 e. The lowest BCUT2D eigenvalue weighted by atomic mass is 9.79. The molecule has 1 aromatic rings. The first-order valence-corrected chi connectivity index (χ1v) is 8.67. The number of carbonyl (C=O) groups is 1. The van der Waals surface area contributed by atoms with Gasteiger partial charge in [-0.05, 0) is 37.3 Å². The summed E-state index contributed by atoms with van der Waals surface area (Å²) in [6.45, 7) is 12.3. The molecule has 0 aromatic heterocycles. The molecule has 1 atom stereocenters. The molecule has 24 heavy (non-hydrogen) atoms. The fourth-order valence-corrected chi connectivity index (χ4v) is 2.88. The zero-order valence-electron chi connectivity index (χ0n) is 15.7. The van der Waals surface area contributed by atoms with E-state index in [0.717, 1.165) is 37.0 Å². The van der Waals surface area contributed by atoms with E-state index in [1.54, 1.807) is 7.11 Å². The van der Waals surface area contributed by atoms with Crippen LogP contribution in [0, 0.1) is 12.3 Å². The molecular formula is C20H32N2O2. The van der Waals surface area contributed by atoms with Crippen LogP contribution < -0.4 is 15.6 Å². The normalized spacial score (nSPS) is 12.5. The zero-order valence-corrected chi connectivity index (χ0v) is 15.7. The van der Waals surface area contributed by atoms with Crippen molar-refractivity contribution in [2.75, 3.05) is 7.11 Å². The topological polar surface area (TPSA) is 50.4 Å². The largest absolute Gasteiger partial charge is 0.496 e. The maximum Gasteiger partial charge on any atom is 0.265 e. The number of amides is 1. The standard InChI is InChI=1S/C20H32N2O2/c1-7-9-13-18(20(4,5)14-8-2)21-22-19(23)16-11-10-12-17(24-6)15(16)3/h8,10-12,18,21H,2,7,9,13-14H2,1,3-6H3,(H,22,23). The van der Waals surface area contributed by atoms with E-state index in [2.05, 4.69) is 38.2 Å². The lowest BCUT2D eigenvalue weighted by Gasteiger charge is -2.34. The highest BCUT2D eigenvalue weighted by Gasteiger charge is 2.28. The number of nitrogens with one attached hydrogen (secondary N) is 2. The van der Waals surface area contributed by atoms with Crippen LogP contribution in [0.3, 0.4) is 0 Å². The number of hydrazine groups is 1. The summed E-state index contributed by atoms with van der Waals surface area (Å²) in [6, 6.07) is 5.68. The van der Waals surface area contributed by atoms with Gasteiger partial charge in [0.05, 0.1) is 7.11 Å². The fraction of sp³-hybridized carbons (Fsp3) is 0.550. The molecule has 0 aliphatic carbocycles. The predicted octanol–water partition coefficient (Wildman–Crippen LogP) is 4.40. The second kappa shape index (κ2) is 9.48. The van der Waals surface area contributed by atoms with Crippen LogP contribution in [0.2, 0.25) is 0 Å². The van der Waals surface area contributed by atoms with Gasteiger partial charge in [0.2, 0.25) is 0 Å². The molecule has 0 aliphatic heterocycles. The Labute approximate surface area is 146 Å². The van der Waals surface area contributed by atoms with Gasteiger partial charge < -0.3 is 4.74 Å². The first-order valence-electron chi connectivity index (χ1n) is 8.67. The molecule has 1 unspecified atom stereocenters. The highest BCUT2D eigenvalue weighted by atomic mass is 16.5. The Morgan fingerprint density at radius 2 is 2.12 bits per heavy atom. The molecule has 0 heterocycles. The molecule has 0 spiro atoms. The van der Waals surface area contributed by atoms with E-state index >= 15 is 0 Å². The zero-order chi connectivity index (χ0) is 18.2. The molecule has 0 bridgehead atoms. The van der Waals surface area contributed by atoms with E-state index in [4.69, 9.17) is 4.74 Å². The van der Waals surface area contributed by atoms with Crippen molar-refractivity contribution in [3.8, 4) is 5.75 Å². The average molecular weight is 332 g/mol. The lowest BCUT2D eigenvalue weighted by molar-refractivity contribution is 0.0898. The fourth-order valence-electron chi connectivity index (χ4n) is 2.88. The number of rotatable bonds is 10. The minimum absolute atomic E-state index is 0.0215. The SMILES string of the molecule is C=CCC(C)(C)C(CCCC)NNC(=O)c1cccc(OC)c1C. The van der Waals surface area contributed by atoms with Crippen LogP contribution in [0.25, 0.3) is 0 Å². The van der Waals surface area contributed by atoms with E-state index in [1.165, 1.54) is 0 Å². The summed E-state index contributed by atoms with van der Waals surface area (Å²) in [5.74, 6) is 0.583. The van der Waals surface area contributed by atoms with Crippen molar-refractivity contribution in [1.82, 2.24) is 10.9 Å². The van der Waals surface area contributed by atoms with Gasteiger partial charge >= 0.3 is 0 Å². The molecule has 134 valence electrons. The molecule has 2 N–H and O–H groups in total. The van der Waals surface area contributed by atoms with Crippen molar-refractivity contribution < 1.29 is 9.53 Å². The van der Waals surface area contributed by atoms with Crippen LogP contribution in [0.4, 0.5) is 0 Å². The van der Waals surface area contributed by atoms with Gasteiger partial charge in [0.15, 0.2) is 0 Å². The second-order valence-corrected chi connectivity index (χ2v) is 6.91. The summed E-state index contributed by atoms with van der Waals surface area (Å²) >= 11 is 0. The molecule has 0 saturated carbocycles.